The Morgan fingerprint density at radius 3 is 2.32 bits per heavy atom. The molecule has 3 saturated heterocycles. The van der Waals surface area contributed by atoms with Crippen LogP contribution in [0.5, 0.6) is 0 Å². The summed E-state index contributed by atoms with van der Waals surface area (Å²) < 4.78 is 5.42. The van der Waals surface area contributed by atoms with Crippen LogP contribution in [0.25, 0.3) is 0 Å². The van der Waals surface area contributed by atoms with E-state index in [0.29, 0.717) is 12.5 Å². The maximum Gasteiger partial charge on any atom is 0.236 e. The number of likely N-dealkylation sites (tertiary alicyclic amines) is 1. The van der Waals surface area contributed by atoms with Gasteiger partial charge in [-0.05, 0) is 18.9 Å². The summed E-state index contributed by atoms with van der Waals surface area (Å²) in [5.41, 5.74) is 0. The van der Waals surface area contributed by atoms with Crippen LogP contribution in [-0.2, 0) is 9.53 Å². The number of piperazine rings is 1. The highest BCUT2D eigenvalue weighted by molar-refractivity contribution is 5.78. The van der Waals surface area contributed by atoms with Crippen LogP contribution in [0.1, 0.15) is 25.7 Å². The van der Waals surface area contributed by atoms with Gasteiger partial charge >= 0.3 is 0 Å². The second-order valence-corrected chi connectivity index (χ2v) is 7.87. The molecule has 0 N–H and O–H groups in total. The summed E-state index contributed by atoms with van der Waals surface area (Å²) in [5.74, 6) is 2.07. The molecule has 0 spiro atoms. The van der Waals surface area contributed by atoms with Crippen molar-refractivity contribution in [3.05, 3.63) is 12.3 Å². The largest absolute Gasteiger partial charge is 0.378 e. The number of aromatic nitrogens is 2. The summed E-state index contributed by atoms with van der Waals surface area (Å²) in [4.78, 5) is 30.7. The van der Waals surface area contributed by atoms with E-state index < -0.39 is 0 Å². The molecule has 1 aromatic rings. The minimum Gasteiger partial charge on any atom is -0.378 e. The first-order valence-electron chi connectivity index (χ1n) is 10.7. The van der Waals surface area contributed by atoms with Gasteiger partial charge in [-0.25, -0.2) is 4.98 Å². The van der Waals surface area contributed by atoms with Crippen LogP contribution in [0, 0.1) is 0 Å². The molecule has 3 fully saturated rings. The predicted octanol–water partition coefficient (Wildman–Crippen LogP) is 0.838. The molecule has 3 aliphatic heterocycles. The van der Waals surface area contributed by atoms with Crippen LogP contribution in [-0.4, -0.2) is 97.8 Å². The van der Waals surface area contributed by atoms with Crippen molar-refractivity contribution in [1.82, 2.24) is 19.8 Å². The van der Waals surface area contributed by atoms with E-state index in [2.05, 4.69) is 24.6 Å². The molecule has 0 unspecified atom stereocenters. The number of carbonyl (C=O) groups is 1. The van der Waals surface area contributed by atoms with Crippen molar-refractivity contribution >= 4 is 17.7 Å². The Kier molecular flexibility index (Phi) is 6.59. The van der Waals surface area contributed by atoms with Crippen LogP contribution in [0.2, 0.25) is 0 Å². The van der Waals surface area contributed by atoms with Gasteiger partial charge in [0.1, 0.15) is 5.82 Å². The molecule has 28 heavy (non-hydrogen) atoms. The number of morpholine rings is 1. The summed E-state index contributed by atoms with van der Waals surface area (Å²) >= 11 is 0. The van der Waals surface area contributed by atoms with Gasteiger partial charge in [-0.15, -0.1) is 0 Å². The maximum absolute atomic E-state index is 12.6. The zero-order chi connectivity index (χ0) is 19.2. The van der Waals surface area contributed by atoms with E-state index in [1.807, 2.05) is 12.3 Å². The third-order valence-electron chi connectivity index (χ3n) is 5.94. The lowest BCUT2D eigenvalue weighted by Gasteiger charge is -2.36. The maximum atomic E-state index is 12.6. The fourth-order valence-corrected chi connectivity index (χ4v) is 4.18. The van der Waals surface area contributed by atoms with E-state index in [4.69, 9.17) is 9.72 Å². The highest BCUT2D eigenvalue weighted by Gasteiger charge is 2.23. The van der Waals surface area contributed by atoms with Crippen LogP contribution in [0.15, 0.2) is 12.3 Å². The van der Waals surface area contributed by atoms with Gasteiger partial charge in [-0.1, -0.05) is 12.8 Å². The van der Waals surface area contributed by atoms with Gasteiger partial charge in [0.15, 0.2) is 0 Å². The standard InChI is InChI=1S/C20H32N6O2/c27-19(25-7-3-1-2-4-8-25)17-23-9-11-24(12-10-23)18-5-6-21-20(22-18)26-13-15-28-16-14-26/h5-6H,1-4,7-17H2. The quantitative estimate of drug-likeness (QED) is 0.757. The van der Waals surface area contributed by atoms with Crippen LogP contribution in [0.3, 0.4) is 0 Å². The lowest BCUT2D eigenvalue weighted by Crippen LogP contribution is -2.50. The Morgan fingerprint density at radius 1 is 0.893 bits per heavy atom. The van der Waals surface area contributed by atoms with Gasteiger partial charge in [0.05, 0.1) is 19.8 Å². The average molecular weight is 389 g/mol. The molecule has 8 heteroatoms. The van der Waals surface area contributed by atoms with Crippen molar-refractivity contribution in [2.45, 2.75) is 25.7 Å². The number of hydrogen-bond acceptors (Lipinski definition) is 7. The summed E-state index contributed by atoms with van der Waals surface area (Å²) in [6.07, 6.45) is 6.67. The third kappa shape index (κ3) is 4.91. The molecule has 4 rings (SSSR count). The number of rotatable bonds is 4. The Hall–Kier alpha value is -1.93. The minimum atomic E-state index is 0.298. The van der Waals surface area contributed by atoms with E-state index in [1.165, 1.54) is 12.8 Å². The molecule has 0 radical (unpaired) electrons. The number of nitrogens with zero attached hydrogens (tertiary/aromatic N) is 6. The Labute approximate surface area is 167 Å². The van der Waals surface area contributed by atoms with Gasteiger partial charge in [-0.3, -0.25) is 9.69 Å². The van der Waals surface area contributed by atoms with Gasteiger partial charge < -0.3 is 19.4 Å². The highest BCUT2D eigenvalue weighted by atomic mass is 16.5. The zero-order valence-corrected chi connectivity index (χ0v) is 16.8. The molecule has 4 heterocycles. The van der Waals surface area contributed by atoms with E-state index in [-0.39, 0.29) is 0 Å². The number of hydrogen-bond donors (Lipinski definition) is 0. The SMILES string of the molecule is O=C(CN1CCN(c2ccnc(N3CCOCC3)n2)CC1)N1CCCCCC1. The normalized spacial score (nSPS) is 22.2. The van der Waals surface area contributed by atoms with Crippen LogP contribution >= 0.6 is 0 Å². The first-order valence-corrected chi connectivity index (χ1v) is 10.7. The molecule has 8 nitrogen and oxygen atoms in total. The average Bonchev–Trinajstić information content (AvgIpc) is 3.05. The Bertz CT molecular complexity index is 635. The topological polar surface area (TPSA) is 65.0 Å². The summed E-state index contributed by atoms with van der Waals surface area (Å²) in [7, 11) is 0. The van der Waals surface area contributed by atoms with Crippen molar-refractivity contribution in [2.24, 2.45) is 0 Å². The Morgan fingerprint density at radius 2 is 1.61 bits per heavy atom. The fraction of sp³-hybridized carbons (Fsp3) is 0.750. The summed E-state index contributed by atoms with van der Waals surface area (Å²) in [5, 5.41) is 0. The molecule has 0 aliphatic carbocycles. The molecular formula is C20H32N6O2. The zero-order valence-electron chi connectivity index (χ0n) is 16.8. The van der Waals surface area contributed by atoms with Crippen molar-refractivity contribution < 1.29 is 9.53 Å². The van der Waals surface area contributed by atoms with Crippen molar-refractivity contribution in [1.29, 1.82) is 0 Å². The molecule has 154 valence electrons. The second kappa shape index (κ2) is 9.52. The summed E-state index contributed by atoms with van der Waals surface area (Å²) in [6.45, 7) is 9.16. The molecule has 0 bridgehead atoms. The van der Waals surface area contributed by atoms with Crippen molar-refractivity contribution in [2.75, 3.05) is 81.9 Å². The molecule has 0 aromatic carbocycles. The van der Waals surface area contributed by atoms with Gasteiger partial charge in [0, 0.05) is 58.6 Å². The third-order valence-corrected chi connectivity index (χ3v) is 5.94. The van der Waals surface area contributed by atoms with Gasteiger partial charge in [0.25, 0.3) is 0 Å². The van der Waals surface area contributed by atoms with Gasteiger partial charge in [-0.2, -0.15) is 4.98 Å². The van der Waals surface area contributed by atoms with E-state index >= 15 is 0 Å². The molecular weight excluding hydrogens is 356 g/mol. The number of carbonyl (C=O) groups excluding carboxylic acids is 1. The second-order valence-electron chi connectivity index (χ2n) is 7.87. The smallest absolute Gasteiger partial charge is 0.236 e. The monoisotopic (exact) mass is 388 g/mol. The lowest BCUT2D eigenvalue weighted by molar-refractivity contribution is -0.132. The number of ether oxygens (including phenoxy) is 1. The first-order chi connectivity index (χ1) is 13.8. The highest BCUT2D eigenvalue weighted by Crippen LogP contribution is 2.18. The summed E-state index contributed by atoms with van der Waals surface area (Å²) in [6, 6.07) is 1.99. The van der Waals surface area contributed by atoms with E-state index in [1.54, 1.807) is 0 Å². The molecule has 0 saturated carbocycles. The molecule has 1 aromatic heterocycles. The lowest BCUT2D eigenvalue weighted by atomic mass is 10.2. The van der Waals surface area contributed by atoms with E-state index in [9.17, 15) is 4.79 Å². The van der Waals surface area contributed by atoms with Crippen molar-refractivity contribution in [3.63, 3.8) is 0 Å². The molecule has 1 amide bonds. The Balaban J connectivity index is 1.28. The van der Waals surface area contributed by atoms with Crippen LogP contribution < -0.4 is 9.80 Å². The van der Waals surface area contributed by atoms with E-state index in [0.717, 1.165) is 90.2 Å². The van der Waals surface area contributed by atoms with Crippen molar-refractivity contribution in [3.8, 4) is 0 Å². The van der Waals surface area contributed by atoms with Gasteiger partial charge in [0.2, 0.25) is 11.9 Å². The minimum absolute atomic E-state index is 0.298. The predicted molar refractivity (Wildman–Crippen MR) is 109 cm³/mol. The fourth-order valence-electron chi connectivity index (χ4n) is 4.18. The molecule has 0 atom stereocenters. The first kappa shape index (κ1) is 19.4. The van der Waals surface area contributed by atoms with Crippen LogP contribution in [0.4, 0.5) is 11.8 Å². The number of anilines is 2. The number of amides is 1. The molecule has 3 aliphatic rings.